The number of rotatable bonds is 3. The van der Waals surface area contributed by atoms with Gasteiger partial charge in [0, 0.05) is 6.20 Å². The summed E-state index contributed by atoms with van der Waals surface area (Å²) in [7, 11) is 0. The molecule has 178 valence electrons. The van der Waals surface area contributed by atoms with Gasteiger partial charge in [-0.2, -0.15) is 0 Å². The van der Waals surface area contributed by atoms with E-state index in [0.717, 1.165) is 10.3 Å². The van der Waals surface area contributed by atoms with Gasteiger partial charge in [0.15, 0.2) is 10.9 Å². The van der Waals surface area contributed by atoms with E-state index in [-0.39, 0.29) is 11.3 Å². The Morgan fingerprint density at radius 1 is 1.03 bits per heavy atom. The van der Waals surface area contributed by atoms with Crippen molar-refractivity contribution in [1.82, 2.24) is 14.4 Å². The van der Waals surface area contributed by atoms with Crippen LogP contribution in [0.3, 0.4) is 0 Å². The van der Waals surface area contributed by atoms with Gasteiger partial charge in [0.05, 0.1) is 27.5 Å². The number of aryl methyl sites for hydroxylation is 2. The molecule has 1 aliphatic heterocycles. The number of ketones is 1. The Morgan fingerprint density at radius 3 is 2.58 bits per heavy atom. The molecule has 1 unspecified atom stereocenters. The number of anilines is 1. The largest absolute Gasteiger partial charge is 0.505 e. The molecule has 3 aromatic heterocycles. The molecule has 0 saturated carbocycles. The van der Waals surface area contributed by atoms with Crippen molar-refractivity contribution in [1.29, 1.82) is 0 Å². The molecule has 0 spiro atoms. The van der Waals surface area contributed by atoms with Crippen molar-refractivity contribution in [3.63, 3.8) is 0 Å². The van der Waals surface area contributed by atoms with Crippen LogP contribution < -0.4 is 4.90 Å². The summed E-state index contributed by atoms with van der Waals surface area (Å²) in [5.74, 6) is -2.46. The lowest BCUT2D eigenvalue weighted by atomic mass is 9.96. The maximum Gasteiger partial charge on any atom is 0.301 e. The van der Waals surface area contributed by atoms with Gasteiger partial charge in [0.2, 0.25) is 0 Å². The molecule has 6 rings (SSSR count). The number of halogens is 1. The number of pyridine rings is 1. The average Bonchev–Trinajstić information content (AvgIpc) is 3.50. The van der Waals surface area contributed by atoms with Crippen LogP contribution in [0.25, 0.3) is 21.6 Å². The van der Waals surface area contributed by atoms with Crippen LogP contribution in [0.15, 0.2) is 72.4 Å². The summed E-state index contributed by atoms with van der Waals surface area (Å²) < 4.78 is 16.3. The van der Waals surface area contributed by atoms with Gasteiger partial charge < -0.3 is 5.11 Å². The lowest BCUT2D eigenvalue weighted by Gasteiger charge is -2.23. The third kappa shape index (κ3) is 3.31. The second-order valence-electron chi connectivity index (χ2n) is 8.66. The Morgan fingerprint density at radius 2 is 1.81 bits per heavy atom. The van der Waals surface area contributed by atoms with E-state index in [1.165, 1.54) is 40.5 Å². The third-order valence-electron chi connectivity index (χ3n) is 6.30. The van der Waals surface area contributed by atoms with Crippen LogP contribution in [0.1, 0.15) is 28.6 Å². The number of amides is 1. The number of hydrogen-bond acceptors (Lipinski definition) is 6. The van der Waals surface area contributed by atoms with Crippen molar-refractivity contribution < 1.29 is 19.1 Å². The minimum absolute atomic E-state index is 0.101. The van der Waals surface area contributed by atoms with E-state index >= 15 is 0 Å². The normalized spacial score (nSPS) is 17.5. The van der Waals surface area contributed by atoms with Crippen LogP contribution in [-0.2, 0) is 9.59 Å². The zero-order valence-electron chi connectivity index (χ0n) is 19.3. The summed E-state index contributed by atoms with van der Waals surface area (Å²) in [5, 5.41) is 11.9. The number of hydrogen-bond donors (Lipinski definition) is 1. The summed E-state index contributed by atoms with van der Waals surface area (Å²) in [5.41, 5.74) is 3.50. The number of aromatic nitrogens is 3. The molecule has 0 aliphatic carbocycles. The molecule has 1 aliphatic rings. The fourth-order valence-corrected chi connectivity index (χ4v) is 5.73. The van der Waals surface area contributed by atoms with E-state index in [4.69, 9.17) is 0 Å². The zero-order valence-corrected chi connectivity index (χ0v) is 20.1. The summed E-state index contributed by atoms with van der Waals surface area (Å²) >= 11 is 1.28. The number of thiazole rings is 1. The van der Waals surface area contributed by atoms with Crippen LogP contribution in [0.4, 0.5) is 9.52 Å². The summed E-state index contributed by atoms with van der Waals surface area (Å²) in [6, 6.07) is 15.7. The molecule has 1 N–H and O–H groups in total. The lowest BCUT2D eigenvalue weighted by Crippen LogP contribution is -2.29. The smallest absolute Gasteiger partial charge is 0.301 e. The van der Waals surface area contributed by atoms with E-state index in [1.54, 1.807) is 29.7 Å². The highest BCUT2D eigenvalue weighted by Gasteiger charge is 2.48. The molecule has 0 radical (unpaired) electrons. The van der Waals surface area contributed by atoms with Gasteiger partial charge in [0.1, 0.15) is 17.2 Å². The minimum Gasteiger partial charge on any atom is -0.505 e. The first-order valence-corrected chi connectivity index (χ1v) is 12.0. The van der Waals surface area contributed by atoms with Crippen molar-refractivity contribution in [2.75, 3.05) is 4.90 Å². The van der Waals surface area contributed by atoms with Crippen LogP contribution in [0.2, 0.25) is 0 Å². The van der Waals surface area contributed by atoms with Crippen LogP contribution in [0, 0.1) is 19.7 Å². The van der Waals surface area contributed by atoms with E-state index < -0.39 is 23.5 Å². The van der Waals surface area contributed by atoms with Crippen molar-refractivity contribution >= 4 is 49.8 Å². The molecular weight excluding hydrogens is 479 g/mol. The Labute approximate surface area is 208 Å². The molecule has 36 heavy (non-hydrogen) atoms. The van der Waals surface area contributed by atoms with E-state index in [0.29, 0.717) is 33.2 Å². The monoisotopic (exact) mass is 498 g/mol. The van der Waals surface area contributed by atoms with E-state index in [9.17, 15) is 19.1 Å². The lowest BCUT2D eigenvalue weighted by molar-refractivity contribution is -0.132. The number of Topliss-reactive ketones (excluding diaryl/α,β-unsaturated/α-hetero) is 1. The zero-order chi connectivity index (χ0) is 25.1. The topological polar surface area (TPSA) is 87.8 Å². The number of imidazole rings is 1. The molecule has 0 bridgehead atoms. The van der Waals surface area contributed by atoms with Gasteiger partial charge in [-0.15, -0.1) is 0 Å². The molecule has 4 heterocycles. The number of nitrogens with zero attached hydrogens (tertiary/aromatic N) is 4. The second kappa shape index (κ2) is 8.10. The average molecular weight is 499 g/mol. The number of aliphatic hydroxyl groups is 1. The van der Waals surface area contributed by atoms with Gasteiger partial charge in [-0.25, -0.2) is 14.4 Å². The van der Waals surface area contributed by atoms with E-state index in [2.05, 4.69) is 9.97 Å². The SMILES string of the molecule is Cc1ccc2nc(N3C(=O)C(=O)C(=C(O)c4c(C)nc5ccccn45)C3c3ccc(F)cc3)sc2c1. The first-order chi connectivity index (χ1) is 17.3. The molecule has 1 saturated heterocycles. The van der Waals surface area contributed by atoms with Gasteiger partial charge in [0.25, 0.3) is 5.78 Å². The number of aliphatic hydroxyl groups excluding tert-OH is 1. The standard InChI is InChI=1S/C27H19FN4O3S/c1-14-6-11-18-19(13-14)36-27(30-18)32-23(16-7-9-17(28)10-8-16)21(25(34)26(32)35)24(33)22-15(2)29-20-5-3-4-12-31(20)22/h3-13,23,33H,1-2H3. The number of benzene rings is 2. The van der Waals surface area contributed by atoms with Crippen molar-refractivity contribution in [2.24, 2.45) is 0 Å². The Kier molecular flexibility index (Phi) is 4.97. The fraction of sp³-hybridized carbons (Fsp3) is 0.111. The summed E-state index contributed by atoms with van der Waals surface area (Å²) in [6.07, 6.45) is 1.73. The third-order valence-corrected chi connectivity index (χ3v) is 7.31. The van der Waals surface area contributed by atoms with Crippen molar-refractivity contribution in [3.05, 3.63) is 101 Å². The van der Waals surface area contributed by atoms with Crippen molar-refractivity contribution in [3.8, 4) is 0 Å². The first-order valence-electron chi connectivity index (χ1n) is 11.2. The highest BCUT2D eigenvalue weighted by Crippen LogP contribution is 2.44. The van der Waals surface area contributed by atoms with Gasteiger partial charge in [-0.05, 0) is 61.4 Å². The highest BCUT2D eigenvalue weighted by molar-refractivity contribution is 7.22. The van der Waals surface area contributed by atoms with Gasteiger partial charge in [-0.1, -0.05) is 35.6 Å². The van der Waals surface area contributed by atoms with Crippen LogP contribution >= 0.6 is 11.3 Å². The van der Waals surface area contributed by atoms with Crippen LogP contribution in [0.5, 0.6) is 0 Å². The summed E-state index contributed by atoms with van der Waals surface area (Å²) in [4.78, 5) is 37.3. The maximum atomic E-state index is 13.8. The first kappa shape index (κ1) is 22.1. The number of fused-ring (bicyclic) bond motifs is 2. The number of carbonyl (C=O) groups excluding carboxylic acids is 2. The van der Waals surface area contributed by atoms with Gasteiger partial charge >= 0.3 is 5.91 Å². The molecule has 5 aromatic rings. The molecule has 9 heteroatoms. The Hall–Kier alpha value is -4.37. The molecular formula is C27H19FN4O3S. The number of carbonyl (C=O) groups is 2. The fourth-order valence-electron chi connectivity index (χ4n) is 4.64. The Balaban J connectivity index is 1.61. The second-order valence-corrected chi connectivity index (χ2v) is 9.67. The molecule has 1 fully saturated rings. The molecule has 1 amide bonds. The van der Waals surface area contributed by atoms with Gasteiger partial charge in [-0.3, -0.25) is 18.9 Å². The Bertz CT molecular complexity index is 1740. The molecule has 7 nitrogen and oxygen atoms in total. The highest BCUT2D eigenvalue weighted by atomic mass is 32.1. The predicted molar refractivity (Wildman–Crippen MR) is 135 cm³/mol. The minimum atomic E-state index is -0.999. The quantitative estimate of drug-likeness (QED) is 0.207. The maximum absolute atomic E-state index is 13.8. The molecule has 2 aromatic carbocycles. The summed E-state index contributed by atoms with van der Waals surface area (Å²) in [6.45, 7) is 3.68. The van der Waals surface area contributed by atoms with E-state index in [1.807, 2.05) is 31.2 Å². The van der Waals surface area contributed by atoms with Crippen molar-refractivity contribution in [2.45, 2.75) is 19.9 Å². The molecule has 1 atom stereocenters. The van der Waals surface area contributed by atoms with Crippen LogP contribution in [-0.4, -0.2) is 31.2 Å². The predicted octanol–water partition coefficient (Wildman–Crippen LogP) is 5.33.